The summed E-state index contributed by atoms with van der Waals surface area (Å²) in [6, 6.07) is 14.2. The Kier molecular flexibility index (Phi) is 7.36. The number of nitrogens with one attached hydrogen (secondary N) is 1. The van der Waals surface area contributed by atoms with Crippen molar-refractivity contribution in [2.75, 3.05) is 25.0 Å². The van der Waals surface area contributed by atoms with E-state index in [1.54, 1.807) is 37.3 Å². The third kappa shape index (κ3) is 5.77. The van der Waals surface area contributed by atoms with Gasteiger partial charge in [-0.2, -0.15) is 4.98 Å². The number of hydrogen-bond donors (Lipinski definition) is 1. The third-order valence-corrected chi connectivity index (χ3v) is 5.87. The molecule has 4 rings (SSSR count). The molecule has 0 unspecified atom stereocenters. The van der Waals surface area contributed by atoms with Gasteiger partial charge in [-0.1, -0.05) is 35.0 Å². The Labute approximate surface area is 196 Å². The first-order valence-corrected chi connectivity index (χ1v) is 11.3. The van der Waals surface area contributed by atoms with E-state index in [2.05, 4.69) is 20.4 Å². The average molecular weight is 469 g/mol. The van der Waals surface area contributed by atoms with E-state index >= 15 is 0 Å². The van der Waals surface area contributed by atoms with Gasteiger partial charge in [0.25, 0.3) is 0 Å². The lowest BCUT2D eigenvalue weighted by molar-refractivity contribution is -0.121. The number of carbonyl (C=O) groups excluding carboxylic acids is 2. The number of halogens is 1. The van der Waals surface area contributed by atoms with Crippen LogP contribution in [0.5, 0.6) is 0 Å². The number of anilines is 1. The van der Waals surface area contributed by atoms with Crippen molar-refractivity contribution in [3.63, 3.8) is 0 Å². The SMILES string of the molecule is CCOC(=O)c1cccc(NC(=O)C2CCN(Cc3nc(-c4ccccc4Cl)no3)CC2)c1. The van der Waals surface area contributed by atoms with Crippen LogP contribution in [0, 0.1) is 5.92 Å². The van der Waals surface area contributed by atoms with Gasteiger partial charge < -0.3 is 14.6 Å². The van der Waals surface area contributed by atoms with Gasteiger partial charge >= 0.3 is 5.97 Å². The van der Waals surface area contributed by atoms with Gasteiger partial charge in [0.05, 0.1) is 23.7 Å². The van der Waals surface area contributed by atoms with Gasteiger partial charge in [-0.25, -0.2) is 4.79 Å². The Balaban J connectivity index is 1.29. The summed E-state index contributed by atoms with van der Waals surface area (Å²) in [7, 11) is 0. The molecule has 0 spiro atoms. The lowest BCUT2D eigenvalue weighted by Gasteiger charge is -2.30. The zero-order chi connectivity index (χ0) is 23.2. The van der Waals surface area contributed by atoms with Crippen LogP contribution in [0.1, 0.15) is 36.0 Å². The fraction of sp³-hybridized carbons (Fsp3) is 0.333. The van der Waals surface area contributed by atoms with E-state index in [-0.39, 0.29) is 11.8 Å². The standard InChI is InChI=1S/C24H25ClN4O4/c1-2-32-24(31)17-6-5-7-18(14-17)26-23(30)16-10-12-29(13-11-16)15-21-27-22(28-33-21)19-8-3-4-9-20(19)25/h3-9,14,16H,2,10-13,15H2,1H3,(H,26,30). The predicted octanol–water partition coefficient (Wildman–Crippen LogP) is 4.42. The minimum absolute atomic E-state index is 0.0468. The third-order valence-electron chi connectivity index (χ3n) is 5.54. The largest absolute Gasteiger partial charge is 0.462 e. The number of esters is 1. The summed E-state index contributed by atoms with van der Waals surface area (Å²) < 4.78 is 10.4. The van der Waals surface area contributed by atoms with E-state index in [0.29, 0.717) is 41.1 Å². The maximum atomic E-state index is 12.7. The minimum atomic E-state index is -0.402. The molecule has 33 heavy (non-hydrogen) atoms. The fourth-order valence-corrected chi connectivity index (χ4v) is 4.02. The molecule has 1 aliphatic heterocycles. The molecule has 3 aromatic rings. The lowest BCUT2D eigenvalue weighted by Crippen LogP contribution is -2.37. The number of likely N-dealkylation sites (tertiary alicyclic amines) is 1. The molecule has 0 aliphatic carbocycles. The monoisotopic (exact) mass is 468 g/mol. The Bertz CT molecular complexity index is 1120. The van der Waals surface area contributed by atoms with E-state index in [1.807, 2.05) is 18.2 Å². The molecular weight excluding hydrogens is 444 g/mol. The van der Waals surface area contributed by atoms with Crippen molar-refractivity contribution < 1.29 is 18.8 Å². The van der Waals surface area contributed by atoms with Gasteiger partial charge in [0.1, 0.15) is 0 Å². The molecule has 1 N–H and O–H groups in total. The smallest absolute Gasteiger partial charge is 0.338 e. The van der Waals surface area contributed by atoms with Crippen molar-refractivity contribution in [3.8, 4) is 11.4 Å². The second-order valence-electron chi connectivity index (χ2n) is 7.83. The van der Waals surface area contributed by atoms with Crippen molar-refractivity contribution in [2.45, 2.75) is 26.3 Å². The Morgan fingerprint density at radius 3 is 2.73 bits per heavy atom. The topological polar surface area (TPSA) is 97.6 Å². The van der Waals surface area contributed by atoms with Crippen molar-refractivity contribution in [1.29, 1.82) is 0 Å². The van der Waals surface area contributed by atoms with Crippen molar-refractivity contribution >= 4 is 29.2 Å². The summed E-state index contributed by atoms with van der Waals surface area (Å²) in [4.78, 5) is 31.3. The first-order valence-electron chi connectivity index (χ1n) is 10.9. The molecule has 2 heterocycles. The first-order chi connectivity index (χ1) is 16.0. The van der Waals surface area contributed by atoms with Gasteiger partial charge in [-0.3, -0.25) is 9.69 Å². The number of benzene rings is 2. The Morgan fingerprint density at radius 2 is 1.97 bits per heavy atom. The number of carbonyl (C=O) groups is 2. The van der Waals surface area contributed by atoms with Crippen LogP contribution in [-0.2, 0) is 16.1 Å². The molecule has 0 atom stereocenters. The zero-order valence-electron chi connectivity index (χ0n) is 18.3. The van der Waals surface area contributed by atoms with Gasteiger partial charge in [-0.15, -0.1) is 0 Å². The molecule has 1 saturated heterocycles. The van der Waals surface area contributed by atoms with Crippen molar-refractivity contribution in [1.82, 2.24) is 15.0 Å². The first kappa shape index (κ1) is 22.9. The number of aromatic nitrogens is 2. The molecule has 0 bridgehead atoms. The summed E-state index contributed by atoms with van der Waals surface area (Å²) >= 11 is 6.21. The summed E-state index contributed by atoms with van der Waals surface area (Å²) in [6.07, 6.45) is 1.43. The van der Waals surface area contributed by atoms with Crippen LogP contribution in [0.3, 0.4) is 0 Å². The average Bonchev–Trinajstić information content (AvgIpc) is 3.28. The highest BCUT2D eigenvalue weighted by atomic mass is 35.5. The van der Waals surface area contributed by atoms with Crippen molar-refractivity contribution in [2.24, 2.45) is 5.92 Å². The number of rotatable bonds is 7. The number of amides is 1. The molecule has 2 aromatic carbocycles. The molecular formula is C24H25ClN4O4. The molecule has 172 valence electrons. The van der Waals surface area contributed by atoms with Crippen LogP contribution in [-0.4, -0.2) is 46.6 Å². The summed E-state index contributed by atoms with van der Waals surface area (Å²) in [6.45, 7) is 4.06. The van der Waals surface area contributed by atoms with E-state index in [4.69, 9.17) is 20.9 Å². The normalized spacial score (nSPS) is 14.7. The van der Waals surface area contributed by atoms with Crippen molar-refractivity contribution in [3.05, 3.63) is 65.0 Å². The van der Waals surface area contributed by atoms with E-state index in [1.165, 1.54) is 0 Å². The number of ether oxygens (including phenoxy) is 1. The van der Waals surface area contributed by atoms with E-state index in [0.717, 1.165) is 31.5 Å². The van der Waals surface area contributed by atoms with Crippen LogP contribution in [0.2, 0.25) is 5.02 Å². The van der Waals surface area contributed by atoms with Gasteiger partial charge in [0.2, 0.25) is 17.6 Å². The molecule has 1 fully saturated rings. The Hall–Kier alpha value is -3.23. The van der Waals surface area contributed by atoms with Gasteiger partial charge in [0.15, 0.2) is 0 Å². The number of piperidine rings is 1. The zero-order valence-corrected chi connectivity index (χ0v) is 19.0. The molecule has 1 aliphatic rings. The second kappa shape index (κ2) is 10.6. The molecule has 8 nitrogen and oxygen atoms in total. The van der Waals surface area contributed by atoms with Crippen LogP contribution in [0.25, 0.3) is 11.4 Å². The van der Waals surface area contributed by atoms with Gasteiger partial charge in [-0.05, 0) is 63.2 Å². The van der Waals surface area contributed by atoms with Crippen LogP contribution >= 0.6 is 11.6 Å². The highest BCUT2D eigenvalue weighted by Crippen LogP contribution is 2.26. The summed E-state index contributed by atoms with van der Waals surface area (Å²) in [5.74, 6) is 0.433. The highest BCUT2D eigenvalue weighted by Gasteiger charge is 2.26. The summed E-state index contributed by atoms with van der Waals surface area (Å²) in [5.41, 5.74) is 1.74. The van der Waals surface area contributed by atoms with E-state index in [9.17, 15) is 9.59 Å². The van der Waals surface area contributed by atoms with Crippen LogP contribution < -0.4 is 5.32 Å². The minimum Gasteiger partial charge on any atom is -0.462 e. The Morgan fingerprint density at radius 1 is 1.18 bits per heavy atom. The van der Waals surface area contributed by atoms with Crippen LogP contribution in [0.4, 0.5) is 5.69 Å². The highest BCUT2D eigenvalue weighted by molar-refractivity contribution is 6.33. The van der Waals surface area contributed by atoms with Crippen LogP contribution in [0.15, 0.2) is 53.1 Å². The summed E-state index contributed by atoms with van der Waals surface area (Å²) in [5, 5.41) is 7.53. The number of hydrogen-bond acceptors (Lipinski definition) is 7. The second-order valence-corrected chi connectivity index (χ2v) is 8.24. The lowest BCUT2D eigenvalue weighted by atomic mass is 9.95. The molecule has 1 aromatic heterocycles. The molecule has 1 amide bonds. The number of nitrogens with zero attached hydrogens (tertiary/aromatic N) is 3. The quantitative estimate of drug-likeness (QED) is 0.512. The predicted molar refractivity (Wildman–Crippen MR) is 124 cm³/mol. The molecule has 0 saturated carbocycles. The van der Waals surface area contributed by atoms with E-state index < -0.39 is 5.97 Å². The maximum absolute atomic E-state index is 12.7. The molecule has 0 radical (unpaired) electrons. The fourth-order valence-electron chi connectivity index (χ4n) is 3.80. The molecule has 9 heteroatoms. The maximum Gasteiger partial charge on any atom is 0.338 e. The van der Waals surface area contributed by atoms with Gasteiger partial charge in [0, 0.05) is 17.2 Å².